The first kappa shape index (κ1) is 19.7. The molecule has 0 bridgehead atoms. The van der Waals surface area contributed by atoms with E-state index in [9.17, 15) is 18.8 Å². The summed E-state index contributed by atoms with van der Waals surface area (Å²) in [5, 5.41) is 5.09. The highest BCUT2D eigenvalue weighted by atomic mass is 19.1. The van der Waals surface area contributed by atoms with Crippen LogP contribution in [0.2, 0.25) is 0 Å². The average molecular weight is 402 g/mol. The fourth-order valence-corrected chi connectivity index (χ4v) is 4.66. The Bertz CT molecular complexity index is 836. The molecule has 2 aliphatic heterocycles. The van der Waals surface area contributed by atoms with Gasteiger partial charge < -0.3 is 15.1 Å². The van der Waals surface area contributed by atoms with Gasteiger partial charge in [-0.1, -0.05) is 0 Å². The van der Waals surface area contributed by atoms with Gasteiger partial charge >= 0.3 is 6.03 Å². The van der Waals surface area contributed by atoms with Crippen LogP contribution in [0, 0.1) is 18.7 Å². The van der Waals surface area contributed by atoms with E-state index in [1.165, 1.54) is 12.1 Å². The van der Waals surface area contributed by atoms with Crippen LogP contribution in [-0.4, -0.2) is 54.0 Å². The van der Waals surface area contributed by atoms with Crippen LogP contribution in [0.1, 0.15) is 38.2 Å². The number of urea groups is 1. The Morgan fingerprint density at radius 1 is 1.24 bits per heavy atom. The van der Waals surface area contributed by atoms with E-state index < -0.39 is 11.6 Å². The van der Waals surface area contributed by atoms with Crippen molar-refractivity contribution in [3.05, 3.63) is 29.6 Å². The van der Waals surface area contributed by atoms with Gasteiger partial charge in [-0.3, -0.25) is 14.9 Å². The summed E-state index contributed by atoms with van der Waals surface area (Å²) in [4.78, 5) is 40.7. The number of imide groups is 1. The lowest BCUT2D eigenvalue weighted by atomic mass is 9.87. The number of anilines is 1. The first-order valence-electron chi connectivity index (χ1n) is 10.2. The maximum absolute atomic E-state index is 13.8. The Kier molecular flexibility index (Phi) is 4.96. The molecule has 7 nitrogen and oxygen atoms in total. The third-order valence-corrected chi connectivity index (χ3v) is 6.32. The Balaban J connectivity index is 1.37. The molecule has 4 amide bonds. The van der Waals surface area contributed by atoms with Gasteiger partial charge in [0.2, 0.25) is 5.91 Å². The van der Waals surface area contributed by atoms with E-state index in [1.807, 2.05) is 24.8 Å². The third-order valence-electron chi connectivity index (χ3n) is 6.32. The summed E-state index contributed by atoms with van der Waals surface area (Å²) in [5.41, 5.74) is 0.771. The minimum Gasteiger partial charge on any atom is -0.365 e. The first-order valence-corrected chi connectivity index (χ1v) is 10.2. The van der Waals surface area contributed by atoms with Crippen molar-refractivity contribution < 1.29 is 18.8 Å². The van der Waals surface area contributed by atoms with Gasteiger partial charge in [-0.25, -0.2) is 9.18 Å². The number of hydrogen-bond acceptors (Lipinski definition) is 4. The predicted octanol–water partition coefficient (Wildman–Crippen LogP) is 1.94. The summed E-state index contributed by atoms with van der Waals surface area (Å²) in [6.45, 7) is 5.61. The molecule has 0 spiro atoms. The van der Waals surface area contributed by atoms with Crippen LogP contribution in [0.25, 0.3) is 0 Å². The first-order chi connectivity index (χ1) is 13.8. The Morgan fingerprint density at radius 2 is 2.00 bits per heavy atom. The zero-order valence-corrected chi connectivity index (χ0v) is 16.8. The average Bonchev–Trinajstić information content (AvgIpc) is 3.45. The van der Waals surface area contributed by atoms with Crippen molar-refractivity contribution >= 4 is 23.5 Å². The lowest BCUT2D eigenvalue weighted by molar-refractivity contribution is -0.133. The topological polar surface area (TPSA) is 81.8 Å². The number of carbonyl (C=O) groups excluding carboxylic acids is 3. The summed E-state index contributed by atoms with van der Waals surface area (Å²) in [6, 6.07) is 4.57. The fourth-order valence-electron chi connectivity index (χ4n) is 4.66. The maximum Gasteiger partial charge on any atom is 0.322 e. The lowest BCUT2D eigenvalue weighted by Gasteiger charge is -2.41. The minimum atomic E-state index is -0.931. The van der Waals surface area contributed by atoms with E-state index in [-0.39, 0.29) is 36.0 Å². The summed E-state index contributed by atoms with van der Waals surface area (Å²) in [7, 11) is 0. The highest BCUT2D eigenvalue weighted by molar-refractivity contribution is 6.07. The summed E-state index contributed by atoms with van der Waals surface area (Å²) < 4.78 is 13.8. The van der Waals surface area contributed by atoms with Crippen LogP contribution in [-0.2, 0) is 9.59 Å². The summed E-state index contributed by atoms with van der Waals surface area (Å²) in [5.74, 6) is -0.458. The standard InChI is InChI=1S/C21H27FN4O3/c1-13-9-16(22)11-17(10-13)26-8-7-25(12-14(26)2)18(27)5-6-21(15-3-4-15)19(28)23-20(29)24-21/h9-11,14-15H,3-8,12H2,1-2H3,(H2,23,24,28,29)/t14-,21+/m1/s1. The van der Waals surface area contributed by atoms with E-state index >= 15 is 0 Å². The molecule has 156 valence electrons. The number of benzene rings is 1. The van der Waals surface area contributed by atoms with Crippen molar-refractivity contribution in [1.29, 1.82) is 0 Å². The Hall–Kier alpha value is -2.64. The van der Waals surface area contributed by atoms with Crippen LogP contribution < -0.4 is 15.5 Å². The third kappa shape index (κ3) is 3.80. The molecule has 3 fully saturated rings. The van der Waals surface area contributed by atoms with Crippen LogP contribution in [0.3, 0.4) is 0 Å². The van der Waals surface area contributed by atoms with Crippen molar-refractivity contribution in [3.8, 4) is 0 Å². The zero-order valence-electron chi connectivity index (χ0n) is 16.8. The van der Waals surface area contributed by atoms with Gasteiger partial charge in [0.1, 0.15) is 11.4 Å². The number of rotatable bonds is 5. The number of nitrogens with zero attached hydrogens (tertiary/aromatic N) is 2. The lowest BCUT2D eigenvalue weighted by Crippen LogP contribution is -2.54. The molecule has 1 saturated carbocycles. The molecular formula is C21H27FN4O3. The number of amides is 4. The van der Waals surface area contributed by atoms with Crippen molar-refractivity contribution in [2.75, 3.05) is 24.5 Å². The van der Waals surface area contributed by atoms with Crippen molar-refractivity contribution in [3.63, 3.8) is 0 Å². The molecule has 2 heterocycles. The molecular weight excluding hydrogens is 375 g/mol. The largest absolute Gasteiger partial charge is 0.365 e. The van der Waals surface area contributed by atoms with Crippen LogP contribution >= 0.6 is 0 Å². The quantitative estimate of drug-likeness (QED) is 0.738. The normalized spacial score (nSPS) is 27.1. The number of carbonyl (C=O) groups is 3. The molecule has 2 saturated heterocycles. The van der Waals surface area contributed by atoms with E-state index in [1.54, 1.807) is 0 Å². The second-order valence-electron chi connectivity index (χ2n) is 8.52. The van der Waals surface area contributed by atoms with Gasteiger partial charge in [-0.05, 0) is 62.8 Å². The van der Waals surface area contributed by atoms with Crippen molar-refractivity contribution in [2.24, 2.45) is 5.92 Å². The SMILES string of the molecule is Cc1cc(F)cc(N2CCN(C(=O)CC[C@@]3(C4CC4)NC(=O)NC3=O)C[C@H]2C)c1. The van der Waals surface area contributed by atoms with Crippen LogP contribution in [0.4, 0.5) is 14.9 Å². The zero-order chi connectivity index (χ0) is 20.8. The molecule has 0 radical (unpaired) electrons. The molecule has 4 rings (SSSR count). The van der Waals surface area contributed by atoms with E-state index in [0.29, 0.717) is 26.1 Å². The molecule has 0 unspecified atom stereocenters. The molecule has 8 heteroatoms. The second-order valence-corrected chi connectivity index (χ2v) is 8.52. The Morgan fingerprint density at radius 3 is 2.59 bits per heavy atom. The van der Waals surface area contributed by atoms with Crippen molar-refractivity contribution in [2.45, 2.75) is 51.1 Å². The Labute approximate surface area is 169 Å². The fraction of sp³-hybridized carbons (Fsp3) is 0.571. The molecule has 1 aromatic rings. The molecule has 3 aliphatic rings. The highest BCUT2D eigenvalue weighted by Gasteiger charge is 2.55. The van der Waals surface area contributed by atoms with Gasteiger partial charge in [-0.15, -0.1) is 0 Å². The molecule has 1 aliphatic carbocycles. The van der Waals surface area contributed by atoms with Crippen molar-refractivity contribution in [1.82, 2.24) is 15.5 Å². The van der Waals surface area contributed by atoms with Gasteiger partial charge in [0.25, 0.3) is 5.91 Å². The predicted molar refractivity (Wildman–Crippen MR) is 106 cm³/mol. The van der Waals surface area contributed by atoms with Gasteiger partial charge in [0.15, 0.2) is 0 Å². The van der Waals surface area contributed by atoms with Gasteiger partial charge in [0, 0.05) is 37.8 Å². The molecule has 0 aromatic heterocycles. The number of hydrogen-bond donors (Lipinski definition) is 2. The molecule has 2 atom stereocenters. The summed E-state index contributed by atoms with van der Waals surface area (Å²) >= 11 is 0. The molecule has 2 N–H and O–H groups in total. The van der Waals surface area contributed by atoms with Crippen LogP contribution in [0.15, 0.2) is 18.2 Å². The minimum absolute atomic E-state index is 0.0131. The number of piperazine rings is 1. The smallest absolute Gasteiger partial charge is 0.322 e. The van der Waals surface area contributed by atoms with E-state index in [0.717, 1.165) is 24.1 Å². The van der Waals surface area contributed by atoms with Gasteiger partial charge in [-0.2, -0.15) is 0 Å². The van der Waals surface area contributed by atoms with E-state index in [2.05, 4.69) is 15.5 Å². The number of nitrogens with one attached hydrogen (secondary N) is 2. The maximum atomic E-state index is 13.8. The van der Waals surface area contributed by atoms with Gasteiger partial charge in [0.05, 0.1) is 0 Å². The highest BCUT2D eigenvalue weighted by Crippen LogP contribution is 2.43. The van der Waals surface area contributed by atoms with Crippen LogP contribution in [0.5, 0.6) is 0 Å². The number of aryl methyl sites for hydroxylation is 1. The van der Waals surface area contributed by atoms with E-state index in [4.69, 9.17) is 0 Å². The summed E-state index contributed by atoms with van der Waals surface area (Å²) in [6.07, 6.45) is 2.33. The second kappa shape index (κ2) is 7.31. The molecule has 29 heavy (non-hydrogen) atoms. The number of halogens is 1. The molecule has 1 aromatic carbocycles. The monoisotopic (exact) mass is 402 g/mol.